The molecule has 1 amide bonds. The van der Waals surface area contributed by atoms with Gasteiger partial charge in [0.15, 0.2) is 0 Å². The minimum atomic E-state index is 0.192. The Labute approximate surface area is 170 Å². The molecule has 5 rings (SSSR count). The van der Waals surface area contributed by atoms with E-state index < -0.39 is 0 Å². The van der Waals surface area contributed by atoms with E-state index in [1.54, 1.807) is 6.20 Å². The molecule has 3 heterocycles. The Morgan fingerprint density at radius 3 is 2.79 bits per heavy atom. The van der Waals surface area contributed by atoms with Crippen LogP contribution in [0, 0.1) is 0 Å². The molecule has 0 atom stereocenters. The Kier molecular flexibility index (Phi) is 4.90. The quantitative estimate of drug-likeness (QED) is 0.690. The fourth-order valence-electron chi connectivity index (χ4n) is 4.34. The fraction of sp³-hybridized carbons (Fsp3) is 0.333. The van der Waals surface area contributed by atoms with E-state index in [0.717, 1.165) is 68.0 Å². The van der Waals surface area contributed by atoms with Crippen molar-refractivity contribution in [2.45, 2.75) is 19.4 Å². The smallest absolute Gasteiger partial charge is 0.227 e. The van der Waals surface area contributed by atoms with E-state index in [1.165, 1.54) is 11.1 Å². The van der Waals surface area contributed by atoms with Crippen molar-refractivity contribution in [3.05, 3.63) is 71.4 Å². The van der Waals surface area contributed by atoms with Gasteiger partial charge in [-0.3, -0.25) is 14.7 Å². The summed E-state index contributed by atoms with van der Waals surface area (Å²) in [4.78, 5) is 21.8. The molecule has 5 nitrogen and oxygen atoms in total. The van der Waals surface area contributed by atoms with Crippen molar-refractivity contribution in [1.82, 2.24) is 14.8 Å². The summed E-state index contributed by atoms with van der Waals surface area (Å²) < 4.78 is 5.60. The van der Waals surface area contributed by atoms with Crippen LogP contribution in [-0.4, -0.2) is 53.5 Å². The van der Waals surface area contributed by atoms with Gasteiger partial charge in [-0.15, -0.1) is 0 Å². The lowest BCUT2D eigenvalue weighted by Gasteiger charge is -2.35. The van der Waals surface area contributed by atoms with Crippen LogP contribution in [0.25, 0.3) is 10.9 Å². The number of rotatable bonds is 4. The third-order valence-corrected chi connectivity index (χ3v) is 5.94. The summed E-state index contributed by atoms with van der Waals surface area (Å²) in [5, 5.41) is 1.09. The number of hydrogen-bond donors (Lipinski definition) is 0. The first-order valence-corrected chi connectivity index (χ1v) is 10.3. The van der Waals surface area contributed by atoms with Crippen LogP contribution in [0.5, 0.6) is 5.75 Å². The normalized spacial score (nSPS) is 16.6. The van der Waals surface area contributed by atoms with Crippen LogP contribution in [0.3, 0.4) is 0 Å². The van der Waals surface area contributed by atoms with Gasteiger partial charge in [-0.1, -0.05) is 36.4 Å². The van der Waals surface area contributed by atoms with Gasteiger partial charge in [0.2, 0.25) is 5.91 Å². The van der Waals surface area contributed by atoms with Crippen LogP contribution in [0.1, 0.15) is 16.7 Å². The van der Waals surface area contributed by atoms with Crippen LogP contribution in [-0.2, 0) is 24.2 Å². The van der Waals surface area contributed by atoms with Gasteiger partial charge >= 0.3 is 0 Å². The van der Waals surface area contributed by atoms with Crippen LogP contribution in [0.2, 0.25) is 0 Å². The zero-order chi connectivity index (χ0) is 19.6. The van der Waals surface area contributed by atoms with E-state index in [4.69, 9.17) is 4.74 Å². The number of hydrogen-bond acceptors (Lipinski definition) is 4. The minimum Gasteiger partial charge on any atom is -0.493 e. The number of benzene rings is 2. The standard InChI is InChI=1S/C24H25N3O2/c28-23(16-21-4-1-3-19-5-2-9-25-24(19)21)27-12-10-26(11-13-27)17-18-6-7-22-20(15-18)8-14-29-22/h1-7,9,15H,8,10-14,16-17H2. The third-order valence-electron chi connectivity index (χ3n) is 5.94. The summed E-state index contributed by atoms with van der Waals surface area (Å²) in [6.45, 7) is 5.12. The van der Waals surface area contributed by atoms with Gasteiger partial charge < -0.3 is 9.64 Å². The lowest BCUT2D eigenvalue weighted by Crippen LogP contribution is -2.48. The van der Waals surface area contributed by atoms with Crippen molar-refractivity contribution < 1.29 is 9.53 Å². The van der Waals surface area contributed by atoms with E-state index >= 15 is 0 Å². The number of carbonyl (C=O) groups is 1. The van der Waals surface area contributed by atoms with Crippen LogP contribution >= 0.6 is 0 Å². The zero-order valence-corrected chi connectivity index (χ0v) is 16.5. The number of amides is 1. The van der Waals surface area contributed by atoms with Crippen LogP contribution in [0.4, 0.5) is 0 Å². The second-order valence-electron chi connectivity index (χ2n) is 7.87. The second-order valence-corrected chi connectivity index (χ2v) is 7.87. The van der Waals surface area contributed by atoms with Gasteiger partial charge in [0, 0.05) is 50.7 Å². The molecule has 2 aromatic carbocycles. The topological polar surface area (TPSA) is 45.7 Å². The predicted molar refractivity (Wildman–Crippen MR) is 113 cm³/mol. The van der Waals surface area contributed by atoms with E-state index in [1.807, 2.05) is 35.2 Å². The summed E-state index contributed by atoms with van der Waals surface area (Å²) in [6.07, 6.45) is 3.22. The minimum absolute atomic E-state index is 0.192. The van der Waals surface area contributed by atoms with Crippen LogP contribution in [0.15, 0.2) is 54.7 Å². The maximum absolute atomic E-state index is 12.9. The first-order chi connectivity index (χ1) is 14.3. The molecule has 29 heavy (non-hydrogen) atoms. The maximum Gasteiger partial charge on any atom is 0.227 e. The number of carbonyl (C=O) groups excluding carboxylic acids is 1. The van der Waals surface area contributed by atoms with Crippen molar-refractivity contribution in [3.63, 3.8) is 0 Å². The highest BCUT2D eigenvalue weighted by Gasteiger charge is 2.22. The summed E-state index contributed by atoms with van der Waals surface area (Å²) in [7, 11) is 0. The second kappa shape index (κ2) is 7.84. The van der Waals surface area contributed by atoms with Gasteiger partial charge in [0.05, 0.1) is 18.5 Å². The Hall–Kier alpha value is -2.92. The number of aromatic nitrogens is 1. The van der Waals surface area contributed by atoms with Crippen molar-refractivity contribution >= 4 is 16.8 Å². The molecule has 0 saturated carbocycles. The van der Waals surface area contributed by atoms with Gasteiger partial charge in [0.1, 0.15) is 5.75 Å². The zero-order valence-electron chi connectivity index (χ0n) is 16.5. The molecule has 2 aliphatic rings. The largest absolute Gasteiger partial charge is 0.493 e. The molecule has 0 radical (unpaired) electrons. The highest BCUT2D eigenvalue weighted by molar-refractivity contribution is 5.87. The number of para-hydroxylation sites is 1. The summed E-state index contributed by atoms with van der Waals surface area (Å²) in [6, 6.07) is 16.6. The van der Waals surface area contributed by atoms with E-state index in [0.29, 0.717) is 6.42 Å². The molecule has 0 spiro atoms. The van der Waals surface area contributed by atoms with Crippen molar-refractivity contribution in [2.24, 2.45) is 0 Å². The molecule has 0 bridgehead atoms. The summed E-state index contributed by atoms with van der Waals surface area (Å²) >= 11 is 0. The van der Waals surface area contributed by atoms with Gasteiger partial charge in [-0.25, -0.2) is 0 Å². The van der Waals surface area contributed by atoms with E-state index in [9.17, 15) is 4.79 Å². The molecule has 2 aliphatic heterocycles. The molecule has 0 N–H and O–H groups in total. The summed E-state index contributed by atoms with van der Waals surface area (Å²) in [5.41, 5.74) is 4.59. The SMILES string of the molecule is O=C(Cc1cccc2cccnc12)N1CCN(Cc2ccc3c(c2)CCO3)CC1. The molecule has 0 unspecified atom stereocenters. The number of pyridine rings is 1. The maximum atomic E-state index is 12.9. The Balaban J connectivity index is 1.19. The van der Waals surface area contributed by atoms with Crippen molar-refractivity contribution in [3.8, 4) is 5.75 Å². The lowest BCUT2D eigenvalue weighted by atomic mass is 10.1. The van der Waals surface area contributed by atoms with E-state index in [2.05, 4.69) is 28.1 Å². The van der Waals surface area contributed by atoms with Crippen molar-refractivity contribution in [2.75, 3.05) is 32.8 Å². The van der Waals surface area contributed by atoms with Crippen LogP contribution < -0.4 is 4.74 Å². The lowest BCUT2D eigenvalue weighted by molar-refractivity contribution is -0.132. The molecule has 3 aromatic rings. The Bertz CT molecular complexity index is 1040. The molecule has 148 valence electrons. The van der Waals surface area contributed by atoms with Gasteiger partial charge in [-0.05, 0) is 28.8 Å². The summed E-state index contributed by atoms with van der Waals surface area (Å²) in [5.74, 6) is 1.23. The fourth-order valence-corrected chi connectivity index (χ4v) is 4.34. The highest BCUT2D eigenvalue weighted by Crippen LogP contribution is 2.26. The van der Waals surface area contributed by atoms with Crippen molar-refractivity contribution in [1.29, 1.82) is 0 Å². The molecule has 0 aliphatic carbocycles. The number of nitrogens with zero attached hydrogens (tertiary/aromatic N) is 3. The first kappa shape index (κ1) is 18.1. The molecular formula is C24H25N3O2. The first-order valence-electron chi connectivity index (χ1n) is 10.3. The number of piperazine rings is 1. The monoisotopic (exact) mass is 387 g/mol. The molecule has 1 aromatic heterocycles. The number of ether oxygens (including phenoxy) is 1. The average Bonchev–Trinajstić information content (AvgIpc) is 3.22. The third kappa shape index (κ3) is 3.83. The molecule has 1 saturated heterocycles. The Morgan fingerprint density at radius 1 is 1.03 bits per heavy atom. The predicted octanol–water partition coefficient (Wildman–Crippen LogP) is 3.06. The van der Waals surface area contributed by atoms with Gasteiger partial charge in [0.25, 0.3) is 0 Å². The average molecular weight is 387 g/mol. The molecule has 5 heteroatoms. The van der Waals surface area contributed by atoms with Gasteiger partial charge in [-0.2, -0.15) is 0 Å². The molecule has 1 fully saturated rings. The highest BCUT2D eigenvalue weighted by atomic mass is 16.5. The Morgan fingerprint density at radius 2 is 1.90 bits per heavy atom. The molecular weight excluding hydrogens is 362 g/mol. The number of fused-ring (bicyclic) bond motifs is 2. The van der Waals surface area contributed by atoms with E-state index in [-0.39, 0.29) is 5.91 Å².